The van der Waals surface area contributed by atoms with Crippen LogP contribution >= 0.6 is 0 Å². The molecule has 1 N–H and O–H groups in total. The topological polar surface area (TPSA) is 141 Å². The van der Waals surface area contributed by atoms with E-state index in [1.54, 1.807) is 6.92 Å². The molecule has 94 valence electrons. The number of hydrogen-bond acceptors (Lipinski definition) is 7. The SMILES string of the molecule is CC(=O)[O-].CC(=O)[O-].CC(=O)[O-].CCO.[Bi+3]. The quantitative estimate of drug-likeness (QED) is 0.384. The predicted octanol–water partition coefficient (Wildman–Crippen LogP) is -4.11. The maximum atomic E-state index is 8.89. The summed E-state index contributed by atoms with van der Waals surface area (Å²) in [7, 11) is 0. The van der Waals surface area contributed by atoms with E-state index in [1.807, 2.05) is 0 Å². The zero-order valence-corrected chi connectivity index (χ0v) is 13.0. The average molecular weight is 432 g/mol. The van der Waals surface area contributed by atoms with Crippen molar-refractivity contribution < 1.29 is 34.8 Å². The Morgan fingerprint density at radius 2 is 0.875 bits per heavy atom. The second-order valence-electron chi connectivity index (χ2n) is 1.79. The first-order chi connectivity index (χ1) is 6.61. The molecule has 0 fully saturated rings. The van der Waals surface area contributed by atoms with E-state index in [0.717, 1.165) is 20.8 Å². The van der Waals surface area contributed by atoms with E-state index in [0.29, 0.717) is 0 Å². The van der Waals surface area contributed by atoms with Gasteiger partial charge in [0.15, 0.2) is 0 Å². The van der Waals surface area contributed by atoms with Gasteiger partial charge in [0, 0.05) is 24.5 Å². The van der Waals surface area contributed by atoms with Crippen molar-refractivity contribution in [1.82, 2.24) is 0 Å². The molecule has 8 heteroatoms. The van der Waals surface area contributed by atoms with Crippen molar-refractivity contribution in [2.75, 3.05) is 6.61 Å². The molecule has 16 heavy (non-hydrogen) atoms. The number of carbonyl (C=O) groups is 3. The molecule has 0 spiro atoms. The van der Waals surface area contributed by atoms with Crippen molar-refractivity contribution in [2.45, 2.75) is 27.7 Å². The molecule has 0 amide bonds. The summed E-state index contributed by atoms with van der Waals surface area (Å²) in [5.74, 6) is -3.25. The molecular weight excluding hydrogens is 417 g/mol. The van der Waals surface area contributed by atoms with Crippen molar-refractivity contribution in [3.63, 3.8) is 0 Å². The molecule has 0 atom stereocenters. The smallest absolute Gasteiger partial charge is 0.550 e. The van der Waals surface area contributed by atoms with Crippen LogP contribution in [0.1, 0.15) is 27.7 Å². The third kappa shape index (κ3) is 3570. The minimum atomic E-state index is -1.08. The van der Waals surface area contributed by atoms with E-state index < -0.39 is 17.9 Å². The summed E-state index contributed by atoms with van der Waals surface area (Å²) in [5, 5.41) is 34.2. The van der Waals surface area contributed by atoms with Crippen LogP contribution in [0.5, 0.6) is 0 Å². The van der Waals surface area contributed by atoms with Crippen LogP contribution in [0.4, 0.5) is 0 Å². The maximum absolute atomic E-state index is 8.89. The molecule has 0 bridgehead atoms. The van der Waals surface area contributed by atoms with E-state index in [4.69, 9.17) is 34.8 Å². The fraction of sp³-hybridized carbons (Fsp3) is 0.625. The van der Waals surface area contributed by atoms with Gasteiger partial charge in [-0.3, -0.25) is 0 Å². The van der Waals surface area contributed by atoms with Crippen LogP contribution in [0.2, 0.25) is 0 Å². The molecule has 0 aromatic rings. The van der Waals surface area contributed by atoms with Crippen molar-refractivity contribution in [1.29, 1.82) is 0 Å². The Bertz CT molecular complexity index is 129. The Morgan fingerprint density at radius 1 is 0.875 bits per heavy atom. The summed E-state index contributed by atoms with van der Waals surface area (Å²) in [6, 6.07) is 0. The third-order valence-electron chi connectivity index (χ3n) is 0. The Balaban J connectivity index is -0.0000000331. The summed E-state index contributed by atoms with van der Waals surface area (Å²) in [6.45, 7) is 4.85. The second-order valence-corrected chi connectivity index (χ2v) is 1.79. The minimum Gasteiger partial charge on any atom is -0.550 e. The molecular formula is C8H15BiO7. The number of rotatable bonds is 0. The van der Waals surface area contributed by atoms with Crippen LogP contribution in [0.3, 0.4) is 0 Å². The number of aliphatic hydroxyl groups excluding tert-OH is 1. The largest absolute Gasteiger partial charge is 3.00 e. The Kier molecular flexibility index (Phi) is 53.9. The zero-order chi connectivity index (χ0) is 13.4. The molecule has 2 radical (unpaired) electrons. The number of carbonyl (C=O) groups excluding carboxylic acids is 3. The van der Waals surface area contributed by atoms with Crippen molar-refractivity contribution in [3.8, 4) is 0 Å². The van der Waals surface area contributed by atoms with Gasteiger partial charge in [0.1, 0.15) is 0 Å². The van der Waals surface area contributed by atoms with E-state index in [2.05, 4.69) is 0 Å². The van der Waals surface area contributed by atoms with Gasteiger partial charge in [0.05, 0.1) is 0 Å². The predicted molar refractivity (Wildman–Crippen MR) is 50.6 cm³/mol. The number of aliphatic carboxylic acids is 3. The molecule has 0 saturated carbocycles. The summed E-state index contributed by atoms with van der Waals surface area (Å²) in [5.41, 5.74) is 0. The first-order valence-corrected chi connectivity index (χ1v) is 3.75. The molecule has 0 aliphatic carbocycles. The first-order valence-electron chi connectivity index (χ1n) is 3.75. The molecule has 0 saturated heterocycles. The minimum absolute atomic E-state index is 0. The van der Waals surface area contributed by atoms with Crippen molar-refractivity contribution in [2.24, 2.45) is 0 Å². The molecule has 0 unspecified atom stereocenters. The van der Waals surface area contributed by atoms with Crippen LogP contribution in [0, 0.1) is 0 Å². The van der Waals surface area contributed by atoms with Gasteiger partial charge in [-0.15, -0.1) is 0 Å². The summed E-state index contributed by atoms with van der Waals surface area (Å²) in [4.78, 5) is 26.7. The molecule has 0 aromatic carbocycles. The maximum Gasteiger partial charge on any atom is 3.00 e. The Labute approximate surface area is 113 Å². The normalized spacial score (nSPS) is 5.81. The fourth-order valence-corrected chi connectivity index (χ4v) is 0. The number of aliphatic hydroxyl groups is 1. The van der Waals surface area contributed by atoms with E-state index in [-0.39, 0.29) is 32.8 Å². The monoisotopic (exact) mass is 432 g/mol. The molecule has 0 aromatic heterocycles. The number of carboxylic acids is 3. The van der Waals surface area contributed by atoms with E-state index >= 15 is 0 Å². The molecule has 0 aliphatic heterocycles. The van der Waals surface area contributed by atoms with Crippen LogP contribution in [-0.4, -0.2) is 55.8 Å². The van der Waals surface area contributed by atoms with Gasteiger partial charge in [-0.1, -0.05) is 0 Å². The van der Waals surface area contributed by atoms with E-state index in [9.17, 15) is 0 Å². The van der Waals surface area contributed by atoms with Crippen LogP contribution < -0.4 is 15.3 Å². The summed E-state index contributed by atoms with van der Waals surface area (Å²) >= 11 is 0. The van der Waals surface area contributed by atoms with Gasteiger partial charge in [-0.25, -0.2) is 0 Å². The Morgan fingerprint density at radius 3 is 0.875 bits per heavy atom. The summed E-state index contributed by atoms with van der Waals surface area (Å²) in [6.07, 6.45) is 0. The van der Waals surface area contributed by atoms with Gasteiger partial charge >= 0.3 is 26.2 Å². The molecule has 0 heterocycles. The second kappa shape index (κ2) is 29.2. The number of hydrogen-bond donors (Lipinski definition) is 1. The molecule has 0 aliphatic rings. The van der Waals surface area contributed by atoms with Gasteiger partial charge < -0.3 is 34.8 Å². The van der Waals surface area contributed by atoms with Crippen LogP contribution in [0.15, 0.2) is 0 Å². The van der Waals surface area contributed by atoms with E-state index in [1.165, 1.54) is 0 Å². The molecule has 0 rings (SSSR count). The van der Waals surface area contributed by atoms with Gasteiger partial charge in [-0.2, -0.15) is 0 Å². The standard InChI is InChI=1S/3C2H4O2.C2H6O.Bi/c3*1-2(3)4;1-2-3;/h3*1H3,(H,3,4);3H,2H2,1H3;/q;;;;+3/p-3. The van der Waals surface area contributed by atoms with Crippen LogP contribution in [-0.2, 0) is 14.4 Å². The number of carboxylic acid groups (broad SMARTS) is 3. The van der Waals surface area contributed by atoms with Gasteiger partial charge in [0.2, 0.25) is 0 Å². The summed E-state index contributed by atoms with van der Waals surface area (Å²) < 4.78 is 0. The molecule has 7 nitrogen and oxygen atoms in total. The average Bonchev–Trinajstić information content (AvgIpc) is 1.81. The first kappa shape index (κ1) is 29.5. The zero-order valence-electron chi connectivity index (χ0n) is 9.55. The van der Waals surface area contributed by atoms with Gasteiger partial charge in [-0.05, 0) is 27.7 Å². The van der Waals surface area contributed by atoms with Crippen LogP contribution in [0.25, 0.3) is 0 Å². The van der Waals surface area contributed by atoms with Crippen molar-refractivity contribution >= 4 is 44.1 Å². The van der Waals surface area contributed by atoms with Crippen molar-refractivity contribution in [3.05, 3.63) is 0 Å². The third-order valence-corrected chi connectivity index (χ3v) is 0. The Hall–Kier alpha value is -0.747. The fourth-order valence-electron chi connectivity index (χ4n) is 0. The van der Waals surface area contributed by atoms with Gasteiger partial charge in [0.25, 0.3) is 0 Å².